The average molecular weight is 317 g/mol. The van der Waals surface area contributed by atoms with Gasteiger partial charge in [-0.1, -0.05) is 25.9 Å². The number of nitrogens with one attached hydrogen (secondary N) is 1. The minimum Gasteiger partial charge on any atom is -0.369 e. The van der Waals surface area contributed by atoms with E-state index in [0.717, 1.165) is 5.56 Å². The maximum atomic E-state index is 11.9. The normalized spacial score (nSPS) is 12.9. The van der Waals surface area contributed by atoms with Crippen molar-refractivity contribution in [1.29, 1.82) is 0 Å². The van der Waals surface area contributed by atoms with Gasteiger partial charge in [0.1, 0.15) is 6.10 Å². The molecule has 2 aromatic rings. The topological polar surface area (TPSA) is 77.2 Å². The van der Waals surface area contributed by atoms with Crippen LogP contribution in [0.2, 0.25) is 0 Å². The molecule has 1 heterocycles. The summed E-state index contributed by atoms with van der Waals surface area (Å²) < 4.78 is 10.5. The molecule has 0 aliphatic carbocycles. The molecule has 1 amide bonds. The summed E-state index contributed by atoms with van der Waals surface area (Å²) in [6.07, 6.45) is -0.480. The number of benzene rings is 1. The van der Waals surface area contributed by atoms with Crippen LogP contribution in [0.4, 0.5) is 5.69 Å². The summed E-state index contributed by atoms with van der Waals surface area (Å²) in [7, 11) is 0. The zero-order valence-corrected chi connectivity index (χ0v) is 14.2. The van der Waals surface area contributed by atoms with Crippen LogP contribution in [-0.4, -0.2) is 28.8 Å². The Morgan fingerprint density at radius 2 is 1.96 bits per heavy atom. The lowest BCUT2D eigenvalue weighted by Crippen LogP contribution is -2.27. The third kappa shape index (κ3) is 4.39. The van der Waals surface area contributed by atoms with Gasteiger partial charge < -0.3 is 14.6 Å². The van der Waals surface area contributed by atoms with Gasteiger partial charge in [-0.15, -0.1) is 0 Å². The van der Waals surface area contributed by atoms with Crippen LogP contribution in [0, 0.1) is 0 Å². The maximum absolute atomic E-state index is 11.9. The number of amides is 1. The maximum Gasteiger partial charge on any atom is 0.253 e. The first-order valence-electron chi connectivity index (χ1n) is 7.68. The minimum absolute atomic E-state index is 0.172. The lowest BCUT2D eigenvalue weighted by Gasteiger charge is -2.12. The van der Waals surface area contributed by atoms with Crippen molar-refractivity contribution in [2.24, 2.45) is 0 Å². The van der Waals surface area contributed by atoms with Gasteiger partial charge in [0, 0.05) is 23.3 Å². The molecule has 1 N–H and O–H groups in total. The molecule has 1 aromatic heterocycles. The molecule has 0 aliphatic heterocycles. The second kappa shape index (κ2) is 6.91. The molecule has 6 nitrogen and oxygen atoms in total. The smallest absolute Gasteiger partial charge is 0.253 e. The molecule has 1 atom stereocenters. The number of hydrogen-bond acceptors (Lipinski definition) is 5. The van der Waals surface area contributed by atoms with Crippen LogP contribution in [0.1, 0.15) is 40.5 Å². The number of hydrogen-bond donors (Lipinski definition) is 1. The first-order chi connectivity index (χ1) is 10.8. The summed E-state index contributed by atoms with van der Waals surface area (Å²) >= 11 is 0. The van der Waals surface area contributed by atoms with E-state index in [2.05, 4.69) is 15.5 Å². The second-order valence-electron chi connectivity index (χ2n) is 6.34. The fourth-order valence-electron chi connectivity index (χ4n) is 1.92. The Morgan fingerprint density at radius 3 is 2.48 bits per heavy atom. The van der Waals surface area contributed by atoms with Crippen LogP contribution in [0.5, 0.6) is 0 Å². The molecule has 6 heteroatoms. The Bertz CT molecular complexity index is 656. The van der Waals surface area contributed by atoms with E-state index in [9.17, 15) is 4.79 Å². The van der Waals surface area contributed by atoms with Gasteiger partial charge in [0.05, 0.1) is 0 Å². The Labute approximate surface area is 136 Å². The van der Waals surface area contributed by atoms with Crippen molar-refractivity contribution >= 4 is 11.6 Å². The molecule has 0 aliphatic rings. The van der Waals surface area contributed by atoms with Crippen molar-refractivity contribution in [2.45, 2.75) is 46.1 Å². The lowest BCUT2D eigenvalue weighted by molar-refractivity contribution is -0.126. The van der Waals surface area contributed by atoms with Crippen LogP contribution in [0.25, 0.3) is 11.4 Å². The van der Waals surface area contributed by atoms with E-state index < -0.39 is 6.10 Å². The highest BCUT2D eigenvalue weighted by atomic mass is 16.5. The molecular weight excluding hydrogens is 294 g/mol. The van der Waals surface area contributed by atoms with Crippen molar-refractivity contribution in [3.05, 3.63) is 30.2 Å². The predicted molar refractivity (Wildman–Crippen MR) is 88.2 cm³/mol. The van der Waals surface area contributed by atoms with Crippen LogP contribution in [0.3, 0.4) is 0 Å². The number of nitrogens with zero attached hydrogens (tertiary/aromatic N) is 2. The summed E-state index contributed by atoms with van der Waals surface area (Å²) in [6.45, 7) is 10.1. The molecule has 0 radical (unpaired) electrons. The Balaban J connectivity index is 2.08. The fourth-order valence-corrected chi connectivity index (χ4v) is 1.92. The molecule has 124 valence electrons. The van der Waals surface area contributed by atoms with Crippen molar-refractivity contribution in [3.63, 3.8) is 0 Å². The third-order valence-corrected chi connectivity index (χ3v) is 3.26. The van der Waals surface area contributed by atoms with Gasteiger partial charge >= 0.3 is 0 Å². The van der Waals surface area contributed by atoms with Crippen molar-refractivity contribution < 1.29 is 14.1 Å². The summed E-state index contributed by atoms with van der Waals surface area (Å²) in [4.78, 5) is 16.3. The van der Waals surface area contributed by atoms with E-state index in [-0.39, 0.29) is 11.3 Å². The molecule has 0 saturated heterocycles. The monoisotopic (exact) mass is 317 g/mol. The average Bonchev–Trinajstić information content (AvgIpc) is 2.98. The molecule has 0 saturated carbocycles. The van der Waals surface area contributed by atoms with E-state index in [4.69, 9.17) is 9.26 Å². The van der Waals surface area contributed by atoms with Gasteiger partial charge in [-0.05, 0) is 38.1 Å². The van der Waals surface area contributed by atoms with Crippen LogP contribution in [0.15, 0.2) is 28.8 Å². The van der Waals surface area contributed by atoms with Crippen molar-refractivity contribution in [2.75, 3.05) is 11.9 Å². The van der Waals surface area contributed by atoms with E-state index >= 15 is 0 Å². The van der Waals surface area contributed by atoms with E-state index in [1.165, 1.54) is 0 Å². The number of carbonyl (C=O) groups is 1. The van der Waals surface area contributed by atoms with Gasteiger partial charge in [0.15, 0.2) is 0 Å². The molecule has 0 bridgehead atoms. The van der Waals surface area contributed by atoms with E-state index in [0.29, 0.717) is 24.0 Å². The quantitative estimate of drug-likeness (QED) is 0.914. The SMILES string of the molecule is CCO[C@@H](C)C(=O)Nc1ccc(-c2noc(C(C)(C)C)n2)cc1. The summed E-state index contributed by atoms with van der Waals surface area (Å²) in [5, 5.41) is 6.81. The molecule has 2 rings (SSSR count). The predicted octanol–water partition coefficient (Wildman–Crippen LogP) is 3.40. The highest BCUT2D eigenvalue weighted by Crippen LogP contribution is 2.24. The van der Waals surface area contributed by atoms with Gasteiger partial charge in [0.2, 0.25) is 11.7 Å². The largest absolute Gasteiger partial charge is 0.369 e. The molecule has 0 fully saturated rings. The van der Waals surface area contributed by atoms with Gasteiger partial charge in [-0.3, -0.25) is 4.79 Å². The molecule has 0 unspecified atom stereocenters. The van der Waals surface area contributed by atoms with Crippen molar-refractivity contribution in [3.8, 4) is 11.4 Å². The molecule has 0 spiro atoms. The summed E-state index contributed by atoms with van der Waals surface area (Å²) in [6, 6.07) is 7.30. The number of carbonyl (C=O) groups excluding carboxylic acids is 1. The number of anilines is 1. The van der Waals surface area contributed by atoms with E-state index in [1.54, 1.807) is 19.1 Å². The number of ether oxygens (including phenoxy) is 1. The number of rotatable bonds is 5. The van der Waals surface area contributed by atoms with Crippen molar-refractivity contribution in [1.82, 2.24) is 10.1 Å². The molecule has 23 heavy (non-hydrogen) atoms. The highest BCUT2D eigenvalue weighted by molar-refractivity contribution is 5.94. The lowest BCUT2D eigenvalue weighted by atomic mass is 9.97. The zero-order chi connectivity index (χ0) is 17.0. The van der Waals surface area contributed by atoms with Gasteiger partial charge in [-0.25, -0.2) is 0 Å². The van der Waals surface area contributed by atoms with Crippen LogP contribution < -0.4 is 5.32 Å². The Hall–Kier alpha value is -2.21. The fraction of sp³-hybridized carbons (Fsp3) is 0.471. The molecule has 1 aromatic carbocycles. The van der Waals surface area contributed by atoms with Gasteiger partial charge in [0.25, 0.3) is 5.91 Å². The standard InChI is InChI=1S/C17H23N3O3/c1-6-22-11(2)15(21)18-13-9-7-12(8-10-13)14-19-16(23-20-14)17(3,4)5/h7-11H,6H2,1-5H3,(H,18,21)/t11-/m0/s1. The Kier molecular flexibility index (Phi) is 5.15. The highest BCUT2D eigenvalue weighted by Gasteiger charge is 2.22. The second-order valence-corrected chi connectivity index (χ2v) is 6.34. The third-order valence-electron chi connectivity index (χ3n) is 3.26. The first-order valence-corrected chi connectivity index (χ1v) is 7.68. The van der Waals surface area contributed by atoms with E-state index in [1.807, 2.05) is 39.8 Å². The first kappa shape index (κ1) is 17.1. The number of aromatic nitrogens is 2. The van der Waals surface area contributed by atoms with Gasteiger partial charge in [-0.2, -0.15) is 4.98 Å². The summed E-state index contributed by atoms with van der Waals surface area (Å²) in [5.41, 5.74) is 1.35. The van der Waals surface area contributed by atoms with Crippen LogP contribution in [-0.2, 0) is 14.9 Å². The summed E-state index contributed by atoms with van der Waals surface area (Å²) in [5.74, 6) is 0.958. The Morgan fingerprint density at radius 1 is 1.30 bits per heavy atom. The molecular formula is C17H23N3O3. The van der Waals surface area contributed by atoms with Crippen LogP contribution >= 0.6 is 0 Å². The minimum atomic E-state index is -0.480. The zero-order valence-electron chi connectivity index (χ0n) is 14.2.